The molecule has 33 heavy (non-hydrogen) atoms. The van der Waals surface area contributed by atoms with E-state index in [-0.39, 0.29) is 48.7 Å². The Kier molecular flexibility index (Phi) is 8.18. The quantitative estimate of drug-likeness (QED) is 0.425. The molecule has 9 heteroatoms. The van der Waals surface area contributed by atoms with E-state index in [0.717, 1.165) is 5.56 Å². The molecule has 0 atom stereocenters. The minimum atomic E-state index is -0.663. The first-order valence-corrected chi connectivity index (χ1v) is 10.2. The summed E-state index contributed by atoms with van der Waals surface area (Å²) in [6.07, 6.45) is -0.136. The predicted octanol–water partition coefficient (Wildman–Crippen LogP) is 3.75. The second kappa shape index (κ2) is 11.5. The Balaban J connectivity index is 1.95. The number of carbonyl (C=O) groups excluding carboxylic acids is 2. The standard InChI is InChI=1S/C24H24N2O7/c1-4-31-21(27)13-17-11-8-12-18(33-24-25-19(29-2)14-20(26-24)30-3)22(17)23(28)32-15-16-9-6-5-7-10-16/h5-12,14H,4,13,15H2,1-3H3. The van der Waals surface area contributed by atoms with Crippen LogP contribution in [-0.4, -0.2) is 42.7 Å². The van der Waals surface area contributed by atoms with Gasteiger partial charge in [0.1, 0.15) is 17.9 Å². The van der Waals surface area contributed by atoms with Gasteiger partial charge in [-0.15, -0.1) is 0 Å². The van der Waals surface area contributed by atoms with E-state index < -0.39 is 11.9 Å². The van der Waals surface area contributed by atoms with Gasteiger partial charge < -0.3 is 23.7 Å². The van der Waals surface area contributed by atoms with Crippen molar-refractivity contribution in [2.75, 3.05) is 20.8 Å². The molecule has 1 heterocycles. The highest BCUT2D eigenvalue weighted by molar-refractivity contribution is 5.95. The van der Waals surface area contributed by atoms with E-state index in [1.54, 1.807) is 25.1 Å². The van der Waals surface area contributed by atoms with Crippen LogP contribution >= 0.6 is 0 Å². The number of hydrogen-bond acceptors (Lipinski definition) is 9. The zero-order valence-electron chi connectivity index (χ0n) is 18.6. The zero-order chi connectivity index (χ0) is 23.6. The lowest BCUT2D eigenvalue weighted by Gasteiger charge is -2.14. The van der Waals surface area contributed by atoms with E-state index in [9.17, 15) is 9.59 Å². The van der Waals surface area contributed by atoms with Gasteiger partial charge in [-0.25, -0.2) is 4.79 Å². The number of ether oxygens (including phenoxy) is 5. The van der Waals surface area contributed by atoms with Crippen LogP contribution in [0.3, 0.4) is 0 Å². The molecule has 3 aromatic rings. The summed E-state index contributed by atoms with van der Waals surface area (Å²) in [6.45, 7) is 1.98. The Morgan fingerprint density at radius 2 is 1.58 bits per heavy atom. The predicted molar refractivity (Wildman–Crippen MR) is 118 cm³/mol. The summed E-state index contributed by atoms with van der Waals surface area (Å²) in [7, 11) is 2.88. The van der Waals surface area contributed by atoms with Gasteiger partial charge in [-0.05, 0) is 24.1 Å². The highest BCUT2D eigenvalue weighted by Gasteiger charge is 2.23. The number of methoxy groups -OCH3 is 2. The molecule has 0 fully saturated rings. The Bertz CT molecular complexity index is 1080. The van der Waals surface area contributed by atoms with E-state index in [1.165, 1.54) is 20.3 Å². The molecule has 0 spiro atoms. The molecule has 0 aliphatic rings. The van der Waals surface area contributed by atoms with Gasteiger partial charge in [-0.2, -0.15) is 9.97 Å². The monoisotopic (exact) mass is 452 g/mol. The first-order valence-electron chi connectivity index (χ1n) is 10.2. The van der Waals surface area contributed by atoms with Crippen molar-refractivity contribution in [1.82, 2.24) is 9.97 Å². The Labute approximate surface area is 191 Å². The lowest BCUT2D eigenvalue weighted by molar-refractivity contribution is -0.142. The lowest BCUT2D eigenvalue weighted by atomic mass is 10.0. The topological polar surface area (TPSA) is 106 Å². The van der Waals surface area contributed by atoms with Crippen LogP contribution in [0.1, 0.15) is 28.4 Å². The van der Waals surface area contributed by atoms with Gasteiger partial charge in [-0.1, -0.05) is 42.5 Å². The van der Waals surface area contributed by atoms with Crippen LogP contribution in [0.5, 0.6) is 23.5 Å². The van der Waals surface area contributed by atoms with Crippen LogP contribution in [0.15, 0.2) is 54.6 Å². The molecule has 172 valence electrons. The zero-order valence-corrected chi connectivity index (χ0v) is 18.6. The summed E-state index contributed by atoms with van der Waals surface area (Å²) in [5.41, 5.74) is 1.28. The smallest absolute Gasteiger partial charge is 0.342 e. The highest BCUT2D eigenvalue weighted by Crippen LogP contribution is 2.30. The second-order valence-corrected chi connectivity index (χ2v) is 6.67. The van der Waals surface area contributed by atoms with Gasteiger partial charge in [0.15, 0.2) is 0 Å². The first-order chi connectivity index (χ1) is 16.0. The molecule has 0 aliphatic heterocycles. The average molecular weight is 452 g/mol. The van der Waals surface area contributed by atoms with Crippen molar-refractivity contribution in [2.45, 2.75) is 20.0 Å². The van der Waals surface area contributed by atoms with Crippen LogP contribution in [-0.2, 0) is 27.3 Å². The number of benzene rings is 2. The number of esters is 2. The van der Waals surface area contributed by atoms with Crippen LogP contribution in [0.25, 0.3) is 0 Å². The third-order valence-corrected chi connectivity index (χ3v) is 4.45. The maximum atomic E-state index is 13.1. The van der Waals surface area contributed by atoms with Crippen LogP contribution in [0.2, 0.25) is 0 Å². The fraction of sp³-hybridized carbons (Fsp3) is 0.250. The summed E-state index contributed by atoms with van der Waals surface area (Å²) in [4.78, 5) is 33.5. The molecule has 0 amide bonds. The number of hydrogen-bond donors (Lipinski definition) is 0. The van der Waals surface area contributed by atoms with Crippen LogP contribution < -0.4 is 14.2 Å². The first kappa shape index (κ1) is 23.5. The summed E-state index contributed by atoms with van der Waals surface area (Å²) in [6, 6.07) is 15.5. The van der Waals surface area contributed by atoms with Gasteiger partial charge in [0.05, 0.1) is 33.3 Å². The fourth-order valence-corrected chi connectivity index (χ4v) is 2.94. The van der Waals surface area contributed by atoms with Gasteiger partial charge in [0.25, 0.3) is 0 Å². The molecule has 0 unspecified atom stereocenters. The maximum absolute atomic E-state index is 13.1. The molecule has 9 nitrogen and oxygen atoms in total. The van der Waals surface area contributed by atoms with Crippen molar-refractivity contribution in [2.24, 2.45) is 0 Å². The molecular formula is C24H24N2O7. The maximum Gasteiger partial charge on any atom is 0.342 e. The van der Waals surface area contributed by atoms with Crippen molar-refractivity contribution in [3.05, 3.63) is 71.3 Å². The normalized spacial score (nSPS) is 10.3. The molecule has 2 aromatic carbocycles. The largest absolute Gasteiger partial charge is 0.481 e. The van der Waals surface area contributed by atoms with Crippen LogP contribution in [0, 0.1) is 0 Å². The van der Waals surface area contributed by atoms with Crippen molar-refractivity contribution < 1.29 is 33.3 Å². The minimum absolute atomic E-state index is 0.0519. The molecule has 0 saturated heterocycles. The molecule has 1 aromatic heterocycles. The highest BCUT2D eigenvalue weighted by atomic mass is 16.5. The van der Waals surface area contributed by atoms with Crippen LogP contribution in [0.4, 0.5) is 0 Å². The van der Waals surface area contributed by atoms with Gasteiger partial charge in [-0.3, -0.25) is 4.79 Å². The van der Waals surface area contributed by atoms with Gasteiger partial charge in [0.2, 0.25) is 11.8 Å². The van der Waals surface area contributed by atoms with E-state index in [4.69, 9.17) is 23.7 Å². The van der Waals surface area contributed by atoms with Crippen molar-refractivity contribution in [3.63, 3.8) is 0 Å². The van der Waals surface area contributed by atoms with E-state index in [2.05, 4.69) is 9.97 Å². The minimum Gasteiger partial charge on any atom is -0.481 e. The Hall–Kier alpha value is -4.14. The number of carbonyl (C=O) groups is 2. The van der Waals surface area contributed by atoms with Crippen molar-refractivity contribution in [3.8, 4) is 23.5 Å². The van der Waals surface area contributed by atoms with Gasteiger partial charge in [0, 0.05) is 0 Å². The summed E-state index contributed by atoms with van der Waals surface area (Å²) in [5.74, 6) is -0.597. The third kappa shape index (κ3) is 6.42. The lowest BCUT2D eigenvalue weighted by Crippen LogP contribution is -2.15. The third-order valence-electron chi connectivity index (χ3n) is 4.45. The fourth-order valence-electron chi connectivity index (χ4n) is 2.94. The van der Waals surface area contributed by atoms with E-state index >= 15 is 0 Å². The number of aromatic nitrogens is 2. The van der Waals surface area contributed by atoms with Crippen molar-refractivity contribution in [1.29, 1.82) is 0 Å². The van der Waals surface area contributed by atoms with E-state index in [0.29, 0.717) is 5.56 Å². The summed E-state index contributed by atoms with van der Waals surface area (Å²) >= 11 is 0. The summed E-state index contributed by atoms with van der Waals surface area (Å²) in [5, 5.41) is 0. The number of nitrogens with zero attached hydrogens (tertiary/aromatic N) is 2. The SMILES string of the molecule is CCOC(=O)Cc1cccc(Oc2nc(OC)cc(OC)n2)c1C(=O)OCc1ccccc1. The molecule has 0 N–H and O–H groups in total. The summed E-state index contributed by atoms with van der Waals surface area (Å²) < 4.78 is 26.6. The molecule has 3 rings (SSSR count). The second-order valence-electron chi connectivity index (χ2n) is 6.67. The Morgan fingerprint density at radius 3 is 2.21 bits per heavy atom. The average Bonchev–Trinajstić information content (AvgIpc) is 2.83. The molecular weight excluding hydrogens is 428 g/mol. The molecule has 0 radical (unpaired) electrons. The molecule has 0 aliphatic carbocycles. The van der Waals surface area contributed by atoms with E-state index in [1.807, 2.05) is 30.3 Å². The molecule has 0 bridgehead atoms. The Morgan fingerprint density at radius 1 is 0.879 bits per heavy atom. The number of rotatable bonds is 10. The van der Waals surface area contributed by atoms with Gasteiger partial charge >= 0.3 is 17.9 Å². The van der Waals surface area contributed by atoms with Crippen molar-refractivity contribution >= 4 is 11.9 Å². The molecule has 0 saturated carbocycles.